The Labute approximate surface area is 135 Å². The normalized spacial score (nSPS) is 25.2. The molecule has 0 aromatic rings. The summed E-state index contributed by atoms with van der Waals surface area (Å²) in [5.74, 6) is -2.46. The summed E-state index contributed by atoms with van der Waals surface area (Å²) >= 11 is 0. The quantitative estimate of drug-likeness (QED) is 0.215. The Hall–Kier alpha value is -1.35. The molecule has 1 aliphatic heterocycles. The third-order valence-electron chi connectivity index (χ3n) is 3.83. The minimum Gasteiger partial charge on any atom is -0.499 e. The molecular formula is C15H26O8. The van der Waals surface area contributed by atoms with E-state index in [1.807, 2.05) is 6.92 Å². The van der Waals surface area contributed by atoms with E-state index in [0.717, 1.165) is 19.3 Å². The molecule has 1 rings (SSSR count). The lowest BCUT2D eigenvalue weighted by Crippen LogP contribution is -2.48. The Balaban J connectivity index is 3.07. The molecule has 8 heteroatoms. The van der Waals surface area contributed by atoms with Gasteiger partial charge in [0.15, 0.2) is 5.76 Å². The molecular weight excluding hydrogens is 308 g/mol. The first-order valence-corrected chi connectivity index (χ1v) is 7.78. The molecule has 0 saturated heterocycles. The van der Waals surface area contributed by atoms with E-state index in [-0.39, 0.29) is 6.42 Å². The fourth-order valence-electron chi connectivity index (χ4n) is 2.44. The van der Waals surface area contributed by atoms with Crippen LogP contribution in [0.25, 0.3) is 0 Å². The number of aliphatic hydroxyl groups excluding tert-OH is 5. The van der Waals surface area contributed by atoms with E-state index in [1.54, 1.807) is 0 Å². The van der Waals surface area contributed by atoms with Crippen molar-refractivity contribution in [3.05, 3.63) is 11.5 Å². The Morgan fingerprint density at radius 3 is 2.39 bits per heavy atom. The Bertz CT molecular complexity index is 433. The highest BCUT2D eigenvalue weighted by Crippen LogP contribution is 2.40. The number of carbonyl (C=O) groups excluding carboxylic acids is 1. The minimum absolute atomic E-state index is 0.104. The molecule has 1 heterocycles. The van der Waals surface area contributed by atoms with E-state index < -0.39 is 48.2 Å². The summed E-state index contributed by atoms with van der Waals surface area (Å²) in [4.78, 5) is 11.7. The smallest absolute Gasteiger partial charge is 0.378 e. The average molecular weight is 334 g/mol. The molecule has 0 spiro atoms. The zero-order valence-corrected chi connectivity index (χ0v) is 13.4. The average Bonchev–Trinajstić information content (AvgIpc) is 2.76. The fourth-order valence-corrected chi connectivity index (χ4v) is 2.44. The van der Waals surface area contributed by atoms with Crippen molar-refractivity contribution in [3.8, 4) is 0 Å². The second-order valence-corrected chi connectivity index (χ2v) is 5.71. The van der Waals surface area contributed by atoms with E-state index >= 15 is 0 Å². The van der Waals surface area contributed by atoms with E-state index in [9.17, 15) is 30.3 Å². The van der Waals surface area contributed by atoms with E-state index in [4.69, 9.17) is 9.47 Å². The highest BCUT2D eigenvalue weighted by atomic mass is 16.7. The maximum Gasteiger partial charge on any atom is 0.378 e. The van der Waals surface area contributed by atoms with Crippen LogP contribution in [-0.4, -0.2) is 62.2 Å². The van der Waals surface area contributed by atoms with Crippen LogP contribution in [0.2, 0.25) is 0 Å². The van der Waals surface area contributed by atoms with E-state index in [1.165, 1.54) is 6.92 Å². The molecule has 0 saturated carbocycles. The monoisotopic (exact) mass is 334 g/mol. The Morgan fingerprint density at radius 1 is 1.22 bits per heavy atom. The molecule has 0 aromatic carbocycles. The predicted octanol–water partition coefficient (Wildman–Crippen LogP) is 0.0910. The summed E-state index contributed by atoms with van der Waals surface area (Å²) in [7, 11) is 0. The summed E-state index contributed by atoms with van der Waals surface area (Å²) < 4.78 is 10.2. The maximum atomic E-state index is 11.7. The molecule has 1 aliphatic rings. The van der Waals surface area contributed by atoms with Crippen LogP contribution in [0, 0.1) is 0 Å². The zero-order chi connectivity index (χ0) is 17.6. The standard InChI is InChI=1S/C15H26O8/c1-3-4-5-6-7-15(10(18)8-16)12(11(19)14(21)23-15)22-13(20)9(2)17/h9-10,13,16-20H,3-8H2,1-2H3/t9?,10-,13?,15+/m0/s1. The Kier molecular flexibility index (Phi) is 7.27. The van der Waals surface area contributed by atoms with Crippen LogP contribution >= 0.6 is 0 Å². The molecule has 0 amide bonds. The molecule has 8 nitrogen and oxygen atoms in total. The molecule has 4 atom stereocenters. The number of rotatable bonds is 10. The molecule has 0 fully saturated rings. The first kappa shape index (κ1) is 19.7. The van der Waals surface area contributed by atoms with Crippen LogP contribution in [-0.2, 0) is 14.3 Å². The number of hydrogen-bond acceptors (Lipinski definition) is 8. The highest BCUT2D eigenvalue weighted by Gasteiger charge is 2.55. The molecule has 134 valence electrons. The molecule has 23 heavy (non-hydrogen) atoms. The van der Waals surface area contributed by atoms with Gasteiger partial charge in [-0.3, -0.25) is 0 Å². The molecule has 5 N–H and O–H groups in total. The molecule has 0 bridgehead atoms. The van der Waals surface area contributed by atoms with Crippen molar-refractivity contribution < 1.29 is 39.8 Å². The zero-order valence-electron chi connectivity index (χ0n) is 13.4. The van der Waals surface area contributed by atoms with Crippen molar-refractivity contribution in [1.29, 1.82) is 0 Å². The van der Waals surface area contributed by atoms with Crippen molar-refractivity contribution in [1.82, 2.24) is 0 Å². The van der Waals surface area contributed by atoms with Gasteiger partial charge in [-0.15, -0.1) is 0 Å². The van der Waals surface area contributed by atoms with Gasteiger partial charge in [-0.25, -0.2) is 4.79 Å². The van der Waals surface area contributed by atoms with Crippen molar-refractivity contribution in [2.75, 3.05) is 6.61 Å². The van der Waals surface area contributed by atoms with Crippen molar-refractivity contribution >= 4 is 5.97 Å². The third kappa shape index (κ3) is 4.35. The first-order valence-electron chi connectivity index (χ1n) is 7.78. The largest absolute Gasteiger partial charge is 0.499 e. The maximum absolute atomic E-state index is 11.7. The summed E-state index contributed by atoms with van der Waals surface area (Å²) in [6.45, 7) is 2.55. The lowest BCUT2D eigenvalue weighted by Gasteiger charge is -2.34. The van der Waals surface area contributed by atoms with Gasteiger partial charge < -0.3 is 35.0 Å². The number of aliphatic hydroxyl groups is 5. The van der Waals surface area contributed by atoms with Gasteiger partial charge in [0.25, 0.3) is 0 Å². The van der Waals surface area contributed by atoms with Gasteiger partial charge >= 0.3 is 5.97 Å². The van der Waals surface area contributed by atoms with Crippen LogP contribution in [0.1, 0.15) is 46.0 Å². The number of carbonyl (C=O) groups is 1. The van der Waals surface area contributed by atoms with Crippen LogP contribution < -0.4 is 0 Å². The van der Waals surface area contributed by atoms with Gasteiger partial charge in [0.2, 0.25) is 17.7 Å². The number of cyclic esters (lactones) is 1. The summed E-state index contributed by atoms with van der Waals surface area (Å²) in [6.07, 6.45) is -1.20. The van der Waals surface area contributed by atoms with Crippen LogP contribution in [0.3, 0.4) is 0 Å². The molecule has 0 radical (unpaired) electrons. The molecule has 2 unspecified atom stereocenters. The molecule has 0 aromatic heterocycles. The SMILES string of the molecule is CCCCCC[C@]1([C@@H](O)CO)OC(=O)C(O)=C1OC(O)C(C)O. The number of esters is 1. The van der Waals surface area contributed by atoms with Gasteiger partial charge in [0.05, 0.1) is 6.61 Å². The van der Waals surface area contributed by atoms with Gasteiger partial charge in [-0.2, -0.15) is 0 Å². The van der Waals surface area contributed by atoms with Crippen LogP contribution in [0.4, 0.5) is 0 Å². The van der Waals surface area contributed by atoms with Gasteiger partial charge in [-0.05, 0) is 19.8 Å². The van der Waals surface area contributed by atoms with E-state index in [0.29, 0.717) is 6.42 Å². The second kappa shape index (κ2) is 8.49. The van der Waals surface area contributed by atoms with Crippen molar-refractivity contribution in [2.24, 2.45) is 0 Å². The third-order valence-corrected chi connectivity index (χ3v) is 3.83. The highest BCUT2D eigenvalue weighted by molar-refractivity contribution is 5.90. The van der Waals surface area contributed by atoms with E-state index in [2.05, 4.69) is 0 Å². The van der Waals surface area contributed by atoms with Gasteiger partial charge in [0, 0.05) is 0 Å². The Morgan fingerprint density at radius 2 is 1.87 bits per heavy atom. The van der Waals surface area contributed by atoms with Crippen LogP contribution in [0.5, 0.6) is 0 Å². The lowest BCUT2D eigenvalue weighted by molar-refractivity contribution is -0.184. The second-order valence-electron chi connectivity index (χ2n) is 5.71. The number of ether oxygens (including phenoxy) is 2. The lowest BCUT2D eigenvalue weighted by atomic mass is 9.88. The summed E-state index contributed by atoms with van der Waals surface area (Å²) in [5, 5.41) is 48.3. The summed E-state index contributed by atoms with van der Waals surface area (Å²) in [6, 6.07) is 0. The van der Waals surface area contributed by atoms with Crippen LogP contribution in [0.15, 0.2) is 11.5 Å². The predicted molar refractivity (Wildman–Crippen MR) is 79.1 cm³/mol. The van der Waals surface area contributed by atoms with Gasteiger partial charge in [0.1, 0.15) is 12.2 Å². The first-order chi connectivity index (χ1) is 10.8. The van der Waals surface area contributed by atoms with Crippen molar-refractivity contribution in [2.45, 2.75) is 70.1 Å². The number of hydrogen-bond donors (Lipinski definition) is 5. The topological polar surface area (TPSA) is 137 Å². The fraction of sp³-hybridized carbons (Fsp3) is 0.800. The molecule has 0 aliphatic carbocycles. The minimum atomic E-state index is -1.78. The summed E-state index contributed by atoms with van der Waals surface area (Å²) in [5.41, 5.74) is -1.78. The number of unbranched alkanes of at least 4 members (excludes halogenated alkanes) is 3. The van der Waals surface area contributed by atoms with Gasteiger partial charge in [-0.1, -0.05) is 26.2 Å². The van der Waals surface area contributed by atoms with Crippen molar-refractivity contribution in [3.63, 3.8) is 0 Å².